The van der Waals surface area contributed by atoms with E-state index in [1.165, 1.54) is 17.4 Å². The van der Waals surface area contributed by atoms with Crippen LogP contribution in [0.4, 0.5) is 5.88 Å². The summed E-state index contributed by atoms with van der Waals surface area (Å²) in [4.78, 5) is 13.4. The van der Waals surface area contributed by atoms with Crippen LogP contribution in [0.5, 0.6) is 0 Å². The Kier molecular flexibility index (Phi) is 2.07. The van der Waals surface area contributed by atoms with Gasteiger partial charge in [-0.25, -0.2) is 0 Å². The van der Waals surface area contributed by atoms with E-state index in [9.17, 15) is 4.79 Å². The van der Waals surface area contributed by atoms with Crippen molar-refractivity contribution in [3.05, 3.63) is 27.2 Å². The Labute approximate surface area is 85.6 Å². The van der Waals surface area contributed by atoms with Crippen molar-refractivity contribution in [2.75, 3.05) is 19.0 Å². The van der Waals surface area contributed by atoms with Crippen LogP contribution in [0.3, 0.4) is 0 Å². The highest BCUT2D eigenvalue weighted by Gasteiger charge is 2.09. The van der Waals surface area contributed by atoms with Gasteiger partial charge in [-0.2, -0.15) is 0 Å². The number of fused-ring (bicyclic) bond motifs is 1. The molecule has 0 fully saturated rings. The standard InChI is InChI=1S/C10H11NO2S/c1-6-5-14-10-7(12)4-8(11(2)3)13-9(6)10/h4-5H,1-3H3. The normalized spacial score (nSPS) is 10.8. The molecule has 0 aliphatic carbocycles. The molecule has 4 heteroatoms. The molecule has 74 valence electrons. The predicted molar refractivity (Wildman–Crippen MR) is 59.4 cm³/mol. The lowest BCUT2D eigenvalue weighted by molar-refractivity contribution is 0.596. The molecule has 3 nitrogen and oxygen atoms in total. The molecule has 0 spiro atoms. The van der Waals surface area contributed by atoms with Crippen molar-refractivity contribution in [2.24, 2.45) is 0 Å². The van der Waals surface area contributed by atoms with Crippen molar-refractivity contribution in [3.8, 4) is 0 Å². The minimum absolute atomic E-state index is 0.0352. The third-order valence-electron chi connectivity index (χ3n) is 2.04. The summed E-state index contributed by atoms with van der Waals surface area (Å²) in [7, 11) is 3.71. The molecule has 0 radical (unpaired) electrons. The summed E-state index contributed by atoms with van der Waals surface area (Å²) in [5, 5.41) is 1.94. The Balaban J connectivity index is 2.82. The number of rotatable bonds is 1. The molecular formula is C10H11NO2S. The van der Waals surface area contributed by atoms with Crippen molar-refractivity contribution in [2.45, 2.75) is 6.92 Å². The first kappa shape index (κ1) is 9.27. The summed E-state index contributed by atoms with van der Waals surface area (Å²) < 4.78 is 6.31. The third kappa shape index (κ3) is 1.32. The maximum absolute atomic E-state index is 11.6. The summed E-state index contributed by atoms with van der Waals surface area (Å²) in [5.74, 6) is 0.601. The van der Waals surface area contributed by atoms with Gasteiger partial charge in [0.2, 0.25) is 5.43 Å². The Hall–Kier alpha value is -1.29. The lowest BCUT2D eigenvalue weighted by atomic mass is 10.3. The molecule has 0 bridgehead atoms. The molecule has 0 saturated carbocycles. The largest absolute Gasteiger partial charge is 0.439 e. The first-order valence-electron chi connectivity index (χ1n) is 4.29. The van der Waals surface area contributed by atoms with Crippen LogP contribution in [0.2, 0.25) is 0 Å². The Morgan fingerprint density at radius 2 is 2.14 bits per heavy atom. The number of hydrogen-bond donors (Lipinski definition) is 0. The minimum Gasteiger partial charge on any atom is -0.439 e. The van der Waals surface area contributed by atoms with Crippen LogP contribution in [0.15, 0.2) is 20.7 Å². The van der Waals surface area contributed by atoms with Crippen molar-refractivity contribution in [1.82, 2.24) is 0 Å². The summed E-state index contributed by atoms with van der Waals surface area (Å²) >= 11 is 1.44. The average molecular weight is 209 g/mol. The topological polar surface area (TPSA) is 33.5 Å². The van der Waals surface area contributed by atoms with Crippen LogP contribution in [0, 0.1) is 6.92 Å². The van der Waals surface area contributed by atoms with Crippen molar-refractivity contribution in [1.29, 1.82) is 0 Å². The van der Waals surface area contributed by atoms with Gasteiger partial charge in [0.25, 0.3) is 0 Å². The second-order valence-electron chi connectivity index (χ2n) is 3.42. The van der Waals surface area contributed by atoms with Crippen molar-refractivity contribution < 1.29 is 4.42 Å². The molecule has 2 heterocycles. The fourth-order valence-electron chi connectivity index (χ4n) is 1.26. The smallest absolute Gasteiger partial charge is 0.204 e. The van der Waals surface area contributed by atoms with Crippen LogP contribution in [0.1, 0.15) is 5.56 Å². The fraction of sp³-hybridized carbons (Fsp3) is 0.300. The van der Waals surface area contributed by atoms with Gasteiger partial charge in [-0.15, -0.1) is 11.3 Å². The van der Waals surface area contributed by atoms with E-state index < -0.39 is 0 Å². The summed E-state index contributed by atoms with van der Waals surface area (Å²) in [6.07, 6.45) is 0. The Morgan fingerprint density at radius 3 is 2.79 bits per heavy atom. The highest BCUT2D eigenvalue weighted by molar-refractivity contribution is 7.17. The summed E-state index contributed by atoms with van der Waals surface area (Å²) in [6, 6.07) is 1.53. The second kappa shape index (κ2) is 3.13. The minimum atomic E-state index is 0.0352. The van der Waals surface area contributed by atoms with Gasteiger partial charge in [0.05, 0.1) is 0 Å². The van der Waals surface area contributed by atoms with E-state index in [0.717, 1.165) is 5.56 Å². The zero-order chi connectivity index (χ0) is 10.3. The van der Waals surface area contributed by atoms with Crippen LogP contribution in [-0.4, -0.2) is 14.1 Å². The quantitative estimate of drug-likeness (QED) is 0.722. The van der Waals surface area contributed by atoms with Gasteiger partial charge < -0.3 is 9.32 Å². The van der Waals surface area contributed by atoms with Gasteiger partial charge in [-0.3, -0.25) is 4.79 Å². The fourth-order valence-corrected chi connectivity index (χ4v) is 2.15. The van der Waals surface area contributed by atoms with E-state index >= 15 is 0 Å². The highest BCUT2D eigenvalue weighted by atomic mass is 32.1. The number of nitrogens with zero attached hydrogens (tertiary/aromatic N) is 1. The second-order valence-corrected chi connectivity index (χ2v) is 4.30. The monoisotopic (exact) mass is 209 g/mol. The van der Waals surface area contributed by atoms with Gasteiger partial charge in [0.15, 0.2) is 11.5 Å². The van der Waals surface area contributed by atoms with Crippen molar-refractivity contribution >= 4 is 27.5 Å². The Morgan fingerprint density at radius 1 is 1.43 bits per heavy atom. The number of hydrogen-bond acceptors (Lipinski definition) is 4. The van der Waals surface area contributed by atoms with E-state index in [0.29, 0.717) is 16.2 Å². The van der Waals surface area contributed by atoms with Gasteiger partial charge in [0, 0.05) is 25.7 Å². The van der Waals surface area contributed by atoms with Gasteiger partial charge >= 0.3 is 0 Å². The van der Waals surface area contributed by atoms with E-state index in [-0.39, 0.29) is 5.43 Å². The average Bonchev–Trinajstić information content (AvgIpc) is 2.48. The van der Waals surface area contributed by atoms with Crippen LogP contribution >= 0.6 is 11.3 Å². The van der Waals surface area contributed by atoms with Crippen LogP contribution in [0.25, 0.3) is 10.3 Å². The lowest BCUT2D eigenvalue weighted by Crippen LogP contribution is -2.11. The van der Waals surface area contributed by atoms with E-state index in [4.69, 9.17) is 4.42 Å². The maximum Gasteiger partial charge on any atom is 0.204 e. The molecule has 0 aromatic carbocycles. The zero-order valence-corrected chi connectivity index (χ0v) is 9.14. The molecule has 0 N–H and O–H groups in total. The van der Waals surface area contributed by atoms with Crippen LogP contribution in [-0.2, 0) is 0 Å². The molecule has 0 saturated heterocycles. The van der Waals surface area contributed by atoms with E-state index in [1.807, 2.05) is 26.4 Å². The summed E-state index contributed by atoms with van der Waals surface area (Å²) in [6.45, 7) is 1.95. The van der Waals surface area contributed by atoms with Gasteiger partial charge in [-0.05, 0) is 12.3 Å². The molecule has 2 aromatic heterocycles. The molecule has 0 unspecified atom stereocenters. The molecule has 0 amide bonds. The van der Waals surface area contributed by atoms with E-state index in [2.05, 4.69) is 0 Å². The van der Waals surface area contributed by atoms with Gasteiger partial charge in [-0.1, -0.05) is 0 Å². The summed E-state index contributed by atoms with van der Waals surface area (Å²) in [5.41, 5.74) is 1.77. The molecular weight excluding hydrogens is 198 g/mol. The number of anilines is 1. The first-order valence-corrected chi connectivity index (χ1v) is 5.17. The molecule has 2 rings (SSSR count). The maximum atomic E-state index is 11.6. The Bertz CT molecular complexity index is 524. The number of thiophene rings is 1. The molecule has 0 aliphatic heterocycles. The van der Waals surface area contributed by atoms with Crippen LogP contribution < -0.4 is 10.3 Å². The third-order valence-corrected chi connectivity index (χ3v) is 3.14. The SMILES string of the molecule is Cc1csc2c(=O)cc(N(C)C)oc12. The molecule has 2 aromatic rings. The zero-order valence-electron chi connectivity index (χ0n) is 8.33. The van der Waals surface area contributed by atoms with Gasteiger partial charge in [0.1, 0.15) is 4.70 Å². The molecule has 0 aliphatic rings. The van der Waals surface area contributed by atoms with E-state index in [1.54, 1.807) is 4.90 Å². The first-order chi connectivity index (χ1) is 6.59. The highest BCUT2D eigenvalue weighted by Crippen LogP contribution is 2.25. The predicted octanol–water partition coefficient (Wildman–Crippen LogP) is 2.23. The molecule has 14 heavy (non-hydrogen) atoms. The lowest BCUT2D eigenvalue weighted by Gasteiger charge is -2.09. The van der Waals surface area contributed by atoms with Crippen molar-refractivity contribution in [3.63, 3.8) is 0 Å². The number of aryl methyl sites for hydroxylation is 1. The molecule has 0 atom stereocenters.